The molecule has 5 N–H and O–H groups in total. The zero-order valence-electron chi connectivity index (χ0n) is 16.2. The van der Waals surface area contributed by atoms with Crippen molar-refractivity contribution in [2.45, 2.75) is 25.8 Å². The summed E-state index contributed by atoms with van der Waals surface area (Å²) in [5.74, 6) is -0.840. The van der Waals surface area contributed by atoms with E-state index in [9.17, 15) is 9.59 Å². The van der Waals surface area contributed by atoms with E-state index in [0.29, 0.717) is 22.0 Å². The maximum atomic E-state index is 12.8. The molecule has 29 heavy (non-hydrogen) atoms. The topological polar surface area (TPSA) is 102 Å². The number of piperidine rings is 1. The van der Waals surface area contributed by atoms with Crippen molar-refractivity contribution in [1.82, 2.24) is 4.98 Å². The van der Waals surface area contributed by atoms with Crippen molar-refractivity contribution in [3.8, 4) is 0 Å². The molecular weight excluding hydrogens is 439 g/mol. The zero-order valence-corrected chi connectivity index (χ0v) is 18.4. The van der Waals surface area contributed by atoms with Gasteiger partial charge in [-0.3, -0.25) is 4.79 Å². The Morgan fingerprint density at radius 1 is 1.31 bits per heavy atom. The lowest BCUT2D eigenvalue weighted by Crippen LogP contribution is -3.00. The number of carbonyl (C=O) groups excluding carboxylic acids is 2. The van der Waals surface area contributed by atoms with Gasteiger partial charge in [0.2, 0.25) is 0 Å². The van der Waals surface area contributed by atoms with Crippen molar-refractivity contribution < 1.29 is 32.5 Å². The molecule has 0 saturated carbocycles. The number of nitrogens with zero attached hydrogens (tertiary/aromatic N) is 1. The summed E-state index contributed by atoms with van der Waals surface area (Å²) in [7, 11) is 1.34. The van der Waals surface area contributed by atoms with Crippen LogP contribution in [0.25, 0.3) is 0 Å². The molecule has 1 aliphatic rings. The highest BCUT2D eigenvalue weighted by atomic mass is 35.5. The number of quaternary nitrogens is 1. The summed E-state index contributed by atoms with van der Waals surface area (Å²) in [5.41, 5.74) is 6.70. The van der Waals surface area contributed by atoms with Crippen LogP contribution in [-0.2, 0) is 4.74 Å². The average molecular weight is 462 g/mol. The molecule has 1 atom stereocenters. The molecule has 0 radical (unpaired) electrons. The van der Waals surface area contributed by atoms with E-state index in [1.54, 1.807) is 25.1 Å². The molecule has 1 amide bonds. The summed E-state index contributed by atoms with van der Waals surface area (Å²) in [6, 6.07) is 5.31. The van der Waals surface area contributed by atoms with Gasteiger partial charge in [-0.05, 0) is 31.5 Å². The summed E-state index contributed by atoms with van der Waals surface area (Å²) in [6.45, 7) is 3.29. The van der Waals surface area contributed by atoms with Gasteiger partial charge in [-0.1, -0.05) is 23.2 Å². The number of H-pyrrole nitrogens is 1. The number of aromatic nitrogens is 1. The van der Waals surface area contributed by atoms with Crippen LogP contribution >= 0.6 is 23.2 Å². The third-order valence-electron chi connectivity index (χ3n) is 4.81. The largest absolute Gasteiger partial charge is 1.00 e. The molecule has 7 nitrogen and oxygen atoms in total. The van der Waals surface area contributed by atoms with Crippen molar-refractivity contribution >= 4 is 46.5 Å². The Morgan fingerprint density at radius 2 is 2.03 bits per heavy atom. The molecule has 0 aliphatic carbocycles. The lowest BCUT2D eigenvalue weighted by Gasteiger charge is -2.32. The second kappa shape index (κ2) is 9.71. The number of benzene rings is 1. The van der Waals surface area contributed by atoms with Gasteiger partial charge in [-0.25, -0.2) is 4.79 Å². The van der Waals surface area contributed by atoms with Gasteiger partial charge in [-0.15, -0.1) is 0 Å². The normalized spacial score (nSPS) is 16.2. The Morgan fingerprint density at radius 3 is 2.62 bits per heavy atom. The van der Waals surface area contributed by atoms with Gasteiger partial charge in [-0.2, -0.15) is 0 Å². The maximum absolute atomic E-state index is 12.8. The van der Waals surface area contributed by atoms with E-state index in [2.05, 4.69) is 20.9 Å². The number of carbonyl (C=O) groups is 2. The molecule has 2 aromatic rings. The molecule has 1 aromatic carbocycles. The standard InChI is InChI=1S/C19H22Cl2N4O3.ClH/c1-10-15(20)16(21)17(23-10)18(26)24-13-6-5-11(19(27)28-2)8-14(13)25-7-3-4-12(22)9-25;/h5-6,8,12,23H,3-4,7,9,22H2,1-2H3,(H,24,26);1H/t12-;/m0./s1. The van der Waals surface area contributed by atoms with E-state index in [1.165, 1.54) is 7.11 Å². The maximum Gasteiger partial charge on any atom is 0.337 e. The second-order valence-corrected chi connectivity index (χ2v) is 7.64. The monoisotopic (exact) mass is 460 g/mol. The van der Waals surface area contributed by atoms with Crippen LogP contribution < -0.4 is 28.4 Å². The van der Waals surface area contributed by atoms with E-state index in [0.717, 1.165) is 31.6 Å². The molecule has 1 saturated heterocycles. The minimum Gasteiger partial charge on any atom is -1.00 e. The van der Waals surface area contributed by atoms with Crippen molar-refractivity contribution in [3.05, 3.63) is 45.2 Å². The number of hydrogen-bond donors (Lipinski definition) is 3. The second-order valence-electron chi connectivity index (χ2n) is 6.88. The van der Waals surface area contributed by atoms with Crippen molar-refractivity contribution in [2.75, 3.05) is 30.4 Å². The smallest absolute Gasteiger partial charge is 0.337 e. The minimum atomic E-state index is -0.433. The third-order valence-corrected chi connectivity index (χ3v) is 5.75. The van der Waals surface area contributed by atoms with Crippen LogP contribution in [-0.4, -0.2) is 43.1 Å². The molecule has 0 spiro atoms. The van der Waals surface area contributed by atoms with Gasteiger partial charge < -0.3 is 38.1 Å². The number of aromatic amines is 1. The highest BCUT2D eigenvalue weighted by Crippen LogP contribution is 2.33. The van der Waals surface area contributed by atoms with E-state index in [-0.39, 0.29) is 29.2 Å². The number of rotatable bonds is 4. The predicted octanol–water partition coefficient (Wildman–Crippen LogP) is -0.116. The van der Waals surface area contributed by atoms with Crippen LogP contribution in [0.3, 0.4) is 0 Å². The van der Waals surface area contributed by atoms with Gasteiger partial charge in [0.1, 0.15) is 11.7 Å². The molecule has 1 aliphatic heterocycles. The van der Waals surface area contributed by atoms with Crippen LogP contribution in [0.2, 0.25) is 10.0 Å². The first kappa shape index (κ1) is 23.3. The average Bonchev–Trinajstić information content (AvgIpc) is 2.95. The molecular formula is C19H23Cl3N4O3. The lowest BCUT2D eigenvalue weighted by atomic mass is 10.0. The molecule has 2 heterocycles. The number of nitrogens with one attached hydrogen (secondary N) is 2. The molecule has 1 fully saturated rings. The summed E-state index contributed by atoms with van der Waals surface area (Å²) >= 11 is 12.2. The summed E-state index contributed by atoms with van der Waals surface area (Å²) in [6.07, 6.45) is 2.03. The fourth-order valence-corrected chi connectivity index (χ4v) is 3.76. The van der Waals surface area contributed by atoms with Crippen LogP contribution in [0.1, 0.15) is 39.4 Å². The summed E-state index contributed by atoms with van der Waals surface area (Å²) < 4.78 is 4.83. The quantitative estimate of drug-likeness (QED) is 0.553. The highest BCUT2D eigenvalue weighted by Gasteiger charge is 2.25. The van der Waals surface area contributed by atoms with Gasteiger partial charge in [0.25, 0.3) is 5.91 Å². The number of anilines is 2. The number of methoxy groups -OCH3 is 1. The first-order chi connectivity index (χ1) is 13.3. The van der Waals surface area contributed by atoms with Crippen molar-refractivity contribution in [1.29, 1.82) is 0 Å². The summed E-state index contributed by atoms with van der Waals surface area (Å²) in [4.78, 5) is 29.8. The van der Waals surface area contributed by atoms with Gasteiger partial charge in [0.15, 0.2) is 0 Å². The first-order valence-electron chi connectivity index (χ1n) is 8.97. The number of amides is 1. The number of hydrogen-bond acceptors (Lipinski definition) is 4. The molecule has 0 bridgehead atoms. The number of esters is 1. The highest BCUT2D eigenvalue weighted by molar-refractivity contribution is 6.44. The van der Waals surface area contributed by atoms with E-state index < -0.39 is 11.9 Å². The molecule has 1 aromatic heterocycles. The van der Waals surface area contributed by atoms with Crippen LogP contribution in [0, 0.1) is 6.92 Å². The Labute approximate surface area is 185 Å². The number of aryl methyl sites for hydroxylation is 1. The van der Waals surface area contributed by atoms with Gasteiger partial charge in [0, 0.05) is 18.7 Å². The first-order valence-corrected chi connectivity index (χ1v) is 9.72. The van der Waals surface area contributed by atoms with Gasteiger partial charge >= 0.3 is 5.97 Å². The zero-order chi connectivity index (χ0) is 20.4. The Hall–Kier alpha value is -1.93. The van der Waals surface area contributed by atoms with Gasteiger partial charge in [0.05, 0.1) is 40.6 Å². The fourth-order valence-electron chi connectivity index (χ4n) is 3.34. The predicted molar refractivity (Wildman–Crippen MR) is 109 cm³/mol. The molecule has 0 unspecified atom stereocenters. The minimum absolute atomic E-state index is 0. The molecule has 158 valence electrons. The number of halogens is 3. The molecule has 3 rings (SSSR count). The van der Waals surface area contributed by atoms with E-state index in [4.69, 9.17) is 27.9 Å². The fraction of sp³-hybridized carbons (Fsp3) is 0.368. The van der Waals surface area contributed by atoms with E-state index in [1.807, 2.05) is 0 Å². The van der Waals surface area contributed by atoms with Crippen LogP contribution in [0.5, 0.6) is 0 Å². The third kappa shape index (κ3) is 4.98. The molecule has 10 heteroatoms. The SMILES string of the molecule is COC(=O)c1ccc(NC(=O)c2[nH]c(C)c(Cl)c2Cl)c(N2CCC[C@H]([NH3+])C2)c1.[Cl-]. The van der Waals surface area contributed by atoms with Crippen LogP contribution in [0.4, 0.5) is 11.4 Å². The summed E-state index contributed by atoms with van der Waals surface area (Å²) in [5, 5.41) is 3.38. The van der Waals surface area contributed by atoms with Crippen LogP contribution in [0.15, 0.2) is 18.2 Å². The van der Waals surface area contributed by atoms with Crippen molar-refractivity contribution in [3.63, 3.8) is 0 Å². The van der Waals surface area contributed by atoms with E-state index >= 15 is 0 Å². The van der Waals surface area contributed by atoms with Crippen molar-refractivity contribution in [2.24, 2.45) is 0 Å². The Kier molecular flexibility index (Phi) is 7.82. The Balaban J connectivity index is 0.00000300. The Bertz CT molecular complexity index is 916. The number of ether oxygens (including phenoxy) is 1. The lowest BCUT2D eigenvalue weighted by molar-refractivity contribution is -0.419.